The second kappa shape index (κ2) is 4.62. The fourth-order valence-electron chi connectivity index (χ4n) is 2.02. The lowest BCUT2D eigenvalue weighted by Crippen LogP contribution is -2.44. The first-order chi connectivity index (χ1) is 8.74. The van der Waals surface area contributed by atoms with E-state index in [2.05, 4.69) is 26.8 Å². The molecule has 0 saturated carbocycles. The van der Waals surface area contributed by atoms with E-state index in [9.17, 15) is 4.79 Å². The number of anilines is 1. The summed E-state index contributed by atoms with van der Waals surface area (Å²) < 4.78 is 0. The molecule has 1 saturated heterocycles. The Morgan fingerprint density at radius 2 is 2.06 bits per heavy atom. The van der Waals surface area contributed by atoms with Crippen LogP contribution in [0.3, 0.4) is 0 Å². The summed E-state index contributed by atoms with van der Waals surface area (Å²) in [5.41, 5.74) is -0.175. The third kappa shape index (κ3) is 2.09. The molecule has 5 nitrogen and oxygen atoms in total. The van der Waals surface area contributed by atoms with Gasteiger partial charge in [-0.25, -0.2) is 4.98 Å². The van der Waals surface area contributed by atoms with Crippen LogP contribution in [0, 0.1) is 0 Å². The van der Waals surface area contributed by atoms with Crippen molar-refractivity contribution < 1.29 is 0 Å². The Bertz CT molecular complexity index is 619. The highest BCUT2D eigenvalue weighted by molar-refractivity contribution is 7.21. The van der Waals surface area contributed by atoms with Crippen LogP contribution in [0.15, 0.2) is 23.1 Å². The molecule has 0 aromatic carbocycles. The van der Waals surface area contributed by atoms with E-state index < -0.39 is 0 Å². The van der Waals surface area contributed by atoms with Crippen molar-refractivity contribution in [1.82, 2.24) is 14.9 Å². The molecule has 3 rings (SSSR count). The van der Waals surface area contributed by atoms with Gasteiger partial charge in [-0.05, 0) is 19.2 Å². The van der Waals surface area contributed by atoms with Crippen molar-refractivity contribution in [3.63, 3.8) is 0 Å². The van der Waals surface area contributed by atoms with E-state index in [0.717, 1.165) is 36.1 Å². The van der Waals surface area contributed by atoms with Crippen molar-refractivity contribution in [3.8, 4) is 0 Å². The van der Waals surface area contributed by atoms with Crippen molar-refractivity contribution in [1.29, 1.82) is 0 Å². The Labute approximate surface area is 109 Å². The first-order valence-electron chi connectivity index (χ1n) is 5.93. The molecule has 94 valence electrons. The second-order valence-electron chi connectivity index (χ2n) is 4.45. The third-order valence-electron chi connectivity index (χ3n) is 3.16. The fourth-order valence-corrected chi connectivity index (χ4v) is 3.02. The van der Waals surface area contributed by atoms with E-state index in [1.165, 1.54) is 11.3 Å². The van der Waals surface area contributed by atoms with E-state index in [4.69, 9.17) is 0 Å². The van der Waals surface area contributed by atoms with Crippen molar-refractivity contribution in [2.24, 2.45) is 0 Å². The third-order valence-corrected chi connectivity index (χ3v) is 4.21. The highest BCUT2D eigenvalue weighted by Gasteiger charge is 2.17. The summed E-state index contributed by atoms with van der Waals surface area (Å²) in [5, 5.41) is 1.40. The molecule has 0 N–H and O–H groups in total. The summed E-state index contributed by atoms with van der Waals surface area (Å²) >= 11 is 1.49. The van der Waals surface area contributed by atoms with Gasteiger partial charge in [0.05, 0.1) is 5.39 Å². The number of likely N-dealkylation sites (N-methyl/N-ethyl adjacent to an activating group) is 1. The molecule has 0 unspecified atom stereocenters. The quantitative estimate of drug-likeness (QED) is 0.761. The van der Waals surface area contributed by atoms with Gasteiger partial charge in [-0.1, -0.05) is 11.3 Å². The van der Waals surface area contributed by atoms with E-state index >= 15 is 0 Å². The average molecular weight is 262 g/mol. The molecule has 0 radical (unpaired) electrons. The average Bonchev–Trinajstić information content (AvgIpc) is 2.39. The van der Waals surface area contributed by atoms with Crippen LogP contribution in [0.2, 0.25) is 0 Å². The summed E-state index contributed by atoms with van der Waals surface area (Å²) in [4.78, 5) is 25.6. The molecule has 18 heavy (non-hydrogen) atoms. The highest BCUT2D eigenvalue weighted by atomic mass is 32.1. The molecule has 6 heteroatoms. The summed E-state index contributed by atoms with van der Waals surface area (Å²) in [6.07, 6.45) is 1.71. The van der Waals surface area contributed by atoms with E-state index in [-0.39, 0.29) is 5.56 Å². The molecule has 0 amide bonds. The highest BCUT2D eigenvalue weighted by Crippen LogP contribution is 2.22. The predicted octanol–water partition coefficient (Wildman–Crippen LogP) is 0.803. The number of fused-ring (bicyclic) bond motifs is 1. The Hall–Kier alpha value is -1.53. The predicted molar refractivity (Wildman–Crippen MR) is 73.4 cm³/mol. The van der Waals surface area contributed by atoms with Crippen LogP contribution in [-0.2, 0) is 0 Å². The van der Waals surface area contributed by atoms with Gasteiger partial charge in [0.25, 0.3) is 5.56 Å². The largest absolute Gasteiger partial charge is 0.345 e. The van der Waals surface area contributed by atoms with Crippen molar-refractivity contribution in [2.45, 2.75) is 0 Å². The smallest absolute Gasteiger partial charge is 0.282 e. The van der Waals surface area contributed by atoms with Gasteiger partial charge in [-0.2, -0.15) is 4.98 Å². The molecule has 0 spiro atoms. The van der Waals surface area contributed by atoms with E-state index in [1.807, 2.05) is 0 Å². The first kappa shape index (κ1) is 11.6. The molecular weight excluding hydrogens is 248 g/mol. The monoisotopic (exact) mass is 262 g/mol. The number of nitrogens with zero attached hydrogens (tertiary/aromatic N) is 4. The SMILES string of the molecule is CN1CCN(c2nc(=O)c3cccnc3s2)CC1. The van der Waals surface area contributed by atoms with Crippen LogP contribution in [-0.4, -0.2) is 48.1 Å². The summed E-state index contributed by atoms with van der Waals surface area (Å²) in [7, 11) is 2.11. The van der Waals surface area contributed by atoms with Crippen molar-refractivity contribution in [3.05, 3.63) is 28.7 Å². The summed E-state index contributed by atoms with van der Waals surface area (Å²) in [6, 6.07) is 3.55. The molecule has 2 aromatic heterocycles. The number of rotatable bonds is 1. The standard InChI is InChI=1S/C12H14N4OS/c1-15-5-7-16(8-6-15)12-14-10(17)9-3-2-4-13-11(9)18-12/h2-4H,5-8H2,1H3. The molecule has 0 atom stereocenters. The number of hydrogen-bond acceptors (Lipinski definition) is 6. The molecule has 0 aliphatic carbocycles. The molecular formula is C12H14N4OS. The molecule has 2 aromatic rings. The van der Waals surface area contributed by atoms with Crippen LogP contribution in [0.1, 0.15) is 0 Å². The fraction of sp³-hybridized carbons (Fsp3) is 0.417. The minimum absolute atomic E-state index is 0.175. The molecule has 1 aliphatic rings. The summed E-state index contributed by atoms with van der Waals surface area (Å²) in [5.74, 6) is 0. The number of hydrogen-bond donors (Lipinski definition) is 0. The van der Waals surface area contributed by atoms with Crippen LogP contribution in [0.25, 0.3) is 10.2 Å². The Kier molecular flexibility index (Phi) is 2.97. The molecule has 1 aliphatic heterocycles. The number of aromatic nitrogens is 2. The second-order valence-corrected chi connectivity index (χ2v) is 5.40. The zero-order chi connectivity index (χ0) is 12.5. The van der Waals surface area contributed by atoms with Gasteiger partial charge in [0.2, 0.25) is 0 Å². The molecule has 1 fully saturated rings. The van der Waals surface area contributed by atoms with Gasteiger partial charge in [-0.15, -0.1) is 0 Å². The lowest BCUT2D eigenvalue weighted by atomic mass is 10.3. The maximum atomic E-state index is 11.9. The first-order valence-corrected chi connectivity index (χ1v) is 6.75. The zero-order valence-electron chi connectivity index (χ0n) is 10.2. The maximum absolute atomic E-state index is 11.9. The van der Waals surface area contributed by atoms with Gasteiger partial charge in [0.15, 0.2) is 5.13 Å². The van der Waals surface area contributed by atoms with Gasteiger partial charge < -0.3 is 9.80 Å². The lowest BCUT2D eigenvalue weighted by molar-refractivity contribution is 0.312. The number of piperazine rings is 1. The maximum Gasteiger partial charge on any atom is 0.282 e. The number of pyridine rings is 1. The van der Waals surface area contributed by atoms with Crippen LogP contribution >= 0.6 is 11.3 Å². The van der Waals surface area contributed by atoms with Gasteiger partial charge in [0, 0.05) is 32.4 Å². The zero-order valence-corrected chi connectivity index (χ0v) is 11.0. The molecule has 0 bridgehead atoms. The van der Waals surface area contributed by atoms with Gasteiger partial charge in [0.1, 0.15) is 4.83 Å². The molecule has 3 heterocycles. The Morgan fingerprint density at radius 3 is 2.83 bits per heavy atom. The van der Waals surface area contributed by atoms with Crippen LogP contribution < -0.4 is 10.5 Å². The van der Waals surface area contributed by atoms with Crippen LogP contribution in [0.5, 0.6) is 0 Å². The van der Waals surface area contributed by atoms with Gasteiger partial charge in [-0.3, -0.25) is 4.79 Å². The normalized spacial score (nSPS) is 17.3. The minimum Gasteiger partial charge on any atom is -0.345 e. The lowest BCUT2D eigenvalue weighted by Gasteiger charge is -2.32. The van der Waals surface area contributed by atoms with Gasteiger partial charge >= 0.3 is 0 Å². The Balaban J connectivity index is 2.00. The van der Waals surface area contributed by atoms with E-state index in [1.54, 1.807) is 18.3 Å². The Morgan fingerprint density at radius 1 is 1.28 bits per heavy atom. The van der Waals surface area contributed by atoms with Crippen molar-refractivity contribution >= 4 is 26.7 Å². The van der Waals surface area contributed by atoms with Crippen LogP contribution in [0.4, 0.5) is 5.13 Å². The van der Waals surface area contributed by atoms with Crippen molar-refractivity contribution in [2.75, 3.05) is 38.1 Å². The van der Waals surface area contributed by atoms with E-state index in [0.29, 0.717) is 5.39 Å². The topological polar surface area (TPSA) is 49.3 Å². The summed E-state index contributed by atoms with van der Waals surface area (Å²) in [6.45, 7) is 3.83. The minimum atomic E-state index is -0.175.